The number of aromatic nitrogens is 1. The Labute approximate surface area is 152 Å². The number of nitrogens with zero attached hydrogens (tertiary/aromatic N) is 1. The Bertz CT molecular complexity index is 704. The molecule has 5 nitrogen and oxygen atoms in total. The van der Waals surface area contributed by atoms with E-state index in [1.54, 1.807) is 18.4 Å². The van der Waals surface area contributed by atoms with Crippen molar-refractivity contribution in [3.05, 3.63) is 40.2 Å². The number of rotatable bonds is 6. The zero-order chi connectivity index (χ0) is 17.7. The lowest BCUT2D eigenvalue weighted by Crippen LogP contribution is -2.47. The minimum absolute atomic E-state index is 0.0214. The zero-order valence-corrected chi connectivity index (χ0v) is 15.6. The molecule has 2 N–H and O–H groups in total. The van der Waals surface area contributed by atoms with Gasteiger partial charge in [-0.3, -0.25) is 9.78 Å². The molecular formula is C19H25N3O2S. The molecule has 2 aromatic rings. The van der Waals surface area contributed by atoms with Crippen LogP contribution in [0.15, 0.2) is 29.0 Å². The molecule has 0 unspecified atom stereocenters. The van der Waals surface area contributed by atoms with Crippen LogP contribution in [0.2, 0.25) is 0 Å². The first kappa shape index (κ1) is 18.0. The highest BCUT2D eigenvalue weighted by atomic mass is 32.1. The van der Waals surface area contributed by atoms with Crippen LogP contribution in [-0.2, 0) is 4.74 Å². The van der Waals surface area contributed by atoms with Crippen LogP contribution < -0.4 is 10.6 Å². The maximum absolute atomic E-state index is 12.6. The van der Waals surface area contributed by atoms with Crippen LogP contribution in [0, 0.1) is 12.3 Å². The number of aryl methyl sites for hydroxylation is 1. The van der Waals surface area contributed by atoms with Gasteiger partial charge in [-0.15, -0.1) is 0 Å². The summed E-state index contributed by atoms with van der Waals surface area (Å²) in [5.74, 6) is -0.0594. The Kier molecular flexibility index (Phi) is 5.83. The Balaban J connectivity index is 1.68. The summed E-state index contributed by atoms with van der Waals surface area (Å²) in [5, 5.41) is 10.6. The van der Waals surface area contributed by atoms with E-state index in [4.69, 9.17) is 4.74 Å². The van der Waals surface area contributed by atoms with Gasteiger partial charge in [0.2, 0.25) is 0 Å². The Morgan fingerprint density at radius 1 is 1.36 bits per heavy atom. The molecule has 2 aromatic heterocycles. The van der Waals surface area contributed by atoms with Crippen LogP contribution in [-0.4, -0.2) is 44.2 Å². The topological polar surface area (TPSA) is 63.2 Å². The first-order chi connectivity index (χ1) is 12.1. The minimum Gasteiger partial charge on any atom is -0.384 e. The number of nitrogens with one attached hydrogen (secondary N) is 2. The number of carbonyl (C=O) groups excluding carboxylic acids is 1. The van der Waals surface area contributed by atoms with E-state index >= 15 is 0 Å². The van der Waals surface area contributed by atoms with Crippen molar-refractivity contribution >= 4 is 17.2 Å². The van der Waals surface area contributed by atoms with Gasteiger partial charge in [-0.05, 0) is 56.4 Å². The Morgan fingerprint density at radius 2 is 2.16 bits per heavy atom. The van der Waals surface area contributed by atoms with Gasteiger partial charge in [-0.2, -0.15) is 11.3 Å². The maximum Gasteiger partial charge on any atom is 0.253 e. The highest BCUT2D eigenvalue weighted by Crippen LogP contribution is 2.28. The molecule has 0 radical (unpaired) electrons. The summed E-state index contributed by atoms with van der Waals surface area (Å²) in [7, 11) is 1.73. The largest absolute Gasteiger partial charge is 0.384 e. The Morgan fingerprint density at radius 3 is 2.80 bits per heavy atom. The van der Waals surface area contributed by atoms with Crippen LogP contribution in [0.25, 0.3) is 11.3 Å². The molecule has 1 saturated heterocycles. The first-order valence-electron chi connectivity index (χ1n) is 8.62. The van der Waals surface area contributed by atoms with Gasteiger partial charge in [-0.1, -0.05) is 0 Å². The molecule has 0 aliphatic carbocycles. The van der Waals surface area contributed by atoms with Gasteiger partial charge < -0.3 is 15.4 Å². The Hall–Kier alpha value is -1.76. The summed E-state index contributed by atoms with van der Waals surface area (Å²) in [4.78, 5) is 17.2. The molecule has 0 spiro atoms. The molecule has 6 heteroatoms. The molecule has 0 atom stereocenters. The van der Waals surface area contributed by atoms with E-state index in [0.717, 1.165) is 42.9 Å². The second-order valence-electron chi connectivity index (χ2n) is 6.71. The molecule has 134 valence electrons. The lowest BCUT2D eigenvalue weighted by molar-refractivity contribution is 0.0511. The van der Waals surface area contributed by atoms with E-state index < -0.39 is 0 Å². The number of ether oxygens (including phenoxy) is 1. The van der Waals surface area contributed by atoms with Gasteiger partial charge in [0.1, 0.15) is 0 Å². The van der Waals surface area contributed by atoms with Crippen molar-refractivity contribution in [2.24, 2.45) is 5.41 Å². The fourth-order valence-corrected chi connectivity index (χ4v) is 4.02. The molecule has 0 bridgehead atoms. The van der Waals surface area contributed by atoms with Crippen LogP contribution in [0.4, 0.5) is 0 Å². The van der Waals surface area contributed by atoms with E-state index in [1.807, 2.05) is 30.5 Å². The molecule has 25 heavy (non-hydrogen) atoms. The number of methoxy groups -OCH3 is 1. The summed E-state index contributed by atoms with van der Waals surface area (Å²) >= 11 is 1.64. The molecule has 1 fully saturated rings. The highest BCUT2D eigenvalue weighted by molar-refractivity contribution is 7.08. The average Bonchev–Trinajstić information content (AvgIpc) is 3.15. The predicted octanol–water partition coefficient (Wildman–Crippen LogP) is 2.86. The monoisotopic (exact) mass is 359 g/mol. The van der Waals surface area contributed by atoms with E-state index in [9.17, 15) is 4.79 Å². The molecule has 0 aromatic carbocycles. The summed E-state index contributed by atoms with van der Waals surface area (Å²) in [6.07, 6.45) is 2.02. The number of pyridine rings is 1. The maximum atomic E-state index is 12.6. The third-order valence-corrected chi connectivity index (χ3v) is 5.57. The van der Waals surface area contributed by atoms with Crippen LogP contribution in [0.3, 0.4) is 0 Å². The number of carbonyl (C=O) groups is 1. The number of piperidine rings is 1. The summed E-state index contributed by atoms with van der Waals surface area (Å²) in [5.41, 5.74) is 3.42. The van der Waals surface area contributed by atoms with E-state index in [2.05, 4.69) is 21.0 Å². The van der Waals surface area contributed by atoms with E-state index in [0.29, 0.717) is 18.7 Å². The summed E-state index contributed by atoms with van der Waals surface area (Å²) in [6, 6.07) is 5.83. The number of amides is 1. The minimum atomic E-state index is -0.0594. The second kappa shape index (κ2) is 8.08. The van der Waals surface area contributed by atoms with E-state index in [1.165, 1.54) is 0 Å². The lowest BCUT2D eigenvalue weighted by atomic mass is 9.79. The summed E-state index contributed by atoms with van der Waals surface area (Å²) < 4.78 is 5.41. The highest BCUT2D eigenvalue weighted by Gasteiger charge is 2.32. The molecule has 1 amide bonds. The molecule has 1 aliphatic rings. The van der Waals surface area contributed by atoms with Gasteiger partial charge in [0.25, 0.3) is 5.91 Å². The summed E-state index contributed by atoms with van der Waals surface area (Å²) in [6.45, 7) is 5.13. The third-order valence-electron chi connectivity index (χ3n) is 4.89. The van der Waals surface area contributed by atoms with Crippen molar-refractivity contribution < 1.29 is 9.53 Å². The fraction of sp³-hybridized carbons (Fsp3) is 0.474. The van der Waals surface area contributed by atoms with Crippen molar-refractivity contribution in [3.8, 4) is 11.3 Å². The number of hydrogen-bond acceptors (Lipinski definition) is 5. The average molecular weight is 359 g/mol. The van der Waals surface area contributed by atoms with Gasteiger partial charge in [0.15, 0.2) is 0 Å². The lowest BCUT2D eigenvalue weighted by Gasteiger charge is -2.37. The van der Waals surface area contributed by atoms with Gasteiger partial charge >= 0.3 is 0 Å². The van der Waals surface area contributed by atoms with Crippen molar-refractivity contribution in [2.75, 3.05) is 33.4 Å². The molecule has 3 heterocycles. The van der Waals surface area contributed by atoms with Crippen LogP contribution in [0.5, 0.6) is 0 Å². The predicted molar refractivity (Wildman–Crippen MR) is 101 cm³/mol. The molecule has 3 rings (SSSR count). The normalized spacial score (nSPS) is 16.6. The van der Waals surface area contributed by atoms with Crippen molar-refractivity contribution in [3.63, 3.8) is 0 Å². The van der Waals surface area contributed by atoms with Crippen LogP contribution in [0.1, 0.15) is 28.9 Å². The number of thiophene rings is 1. The standard InChI is InChI=1S/C19H25N3O2S/c1-14-16(3-4-17(22-14)15-5-10-25-11-15)18(23)21-12-19(13-24-2)6-8-20-9-7-19/h3-5,10-11,20H,6-9,12-13H2,1-2H3,(H,21,23). The quantitative estimate of drug-likeness (QED) is 0.832. The van der Waals surface area contributed by atoms with Crippen molar-refractivity contribution in [1.82, 2.24) is 15.6 Å². The van der Waals surface area contributed by atoms with Gasteiger partial charge in [0.05, 0.1) is 23.6 Å². The molecule has 0 saturated carbocycles. The first-order valence-corrected chi connectivity index (χ1v) is 9.56. The van der Waals surface area contributed by atoms with Crippen molar-refractivity contribution in [2.45, 2.75) is 19.8 Å². The second-order valence-corrected chi connectivity index (χ2v) is 7.49. The SMILES string of the molecule is COCC1(CNC(=O)c2ccc(-c3ccsc3)nc2C)CCNCC1. The smallest absolute Gasteiger partial charge is 0.253 e. The number of hydrogen-bond donors (Lipinski definition) is 2. The fourth-order valence-electron chi connectivity index (χ4n) is 3.37. The van der Waals surface area contributed by atoms with Gasteiger partial charge in [0, 0.05) is 30.0 Å². The third kappa shape index (κ3) is 4.26. The molecule has 1 aliphatic heterocycles. The van der Waals surface area contributed by atoms with Crippen molar-refractivity contribution in [1.29, 1.82) is 0 Å². The van der Waals surface area contributed by atoms with Crippen LogP contribution >= 0.6 is 11.3 Å². The van der Waals surface area contributed by atoms with Gasteiger partial charge in [-0.25, -0.2) is 0 Å². The zero-order valence-electron chi connectivity index (χ0n) is 14.8. The van der Waals surface area contributed by atoms with E-state index in [-0.39, 0.29) is 11.3 Å². The molecular weight excluding hydrogens is 334 g/mol.